The summed E-state index contributed by atoms with van der Waals surface area (Å²) in [5, 5.41) is 5.94. The highest BCUT2D eigenvalue weighted by Gasteiger charge is 2.30. The summed E-state index contributed by atoms with van der Waals surface area (Å²) in [7, 11) is 3.55. The van der Waals surface area contributed by atoms with Gasteiger partial charge in [-0.25, -0.2) is 14.8 Å². The topological polar surface area (TPSA) is 157 Å². The normalized spacial score (nSPS) is 15.7. The number of anilines is 2. The number of imidazole rings is 1. The van der Waals surface area contributed by atoms with E-state index in [1.165, 1.54) is 0 Å². The van der Waals surface area contributed by atoms with Crippen LogP contribution in [0, 0.1) is 11.8 Å². The summed E-state index contributed by atoms with van der Waals surface area (Å²) in [5.74, 6) is 5.11. The van der Waals surface area contributed by atoms with E-state index in [2.05, 4.69) is 37.3 Å². The fourth-order valence-corrected chi connectivity index (χ4v) is 6.82. The van der Waals surface area contributed by atoms with Crippen LogP contribution >= 0.6 is 0 Å². The molecule has 1 saturated heterocycles. The smallest absolute Gasteiger partial charge is 0.328 e. The lowest BCUT2D eigenvalue weighted by Crippen LogP contribution is -2.39. The fraction of sp³-hybridized carbons (Fsp3) is 0.237. The molecular weight excluding hydrogens is 648 g/mol. The Labute approximate surface area is 291 Å². The Morgan fingerprint density at radius 3 is 2.69 bits per heavy atom. The zero-order valence-corrected chi connectivity index (χ0v) is 27.9. The van der Waals surface area contributed by atoms with Crippen LogP contribution in [0.3, 0.4) is 0 Å². The third kappa shape index (κ3) is 5.80. The van der Waals surface area contributed by atoms with Crippen LogP contribution in [0.5, 0.6) is 0 Å². The van der Waals surface area contributed by atoms with Crippen molar-refractivity contribution >= 4 is 51.1 Å². The third-order valence-corrected chi connectivity index (χ3v) is 9.54. The highest BCUT2D eigenvalue weighted by Crippen LogP contribution is 2.35. The largest absolute Gasteiger partial charge is 0.464 e. The molecule has 0 bridgehead atoms. The van der Waals surface area contributed by atoms with Crippen LogP contribution in [-0.2, 0) is 30.1 Å². The van der Waals surface area contributed by atoms with Gasteiger partial charge >= 0.3 is 5.69 Å². The Hall–Kier alpha value is -6.55. The number of aromatic nitrogens is 5. The van der Waals surface area contributed by atoms with Gasteiger partial charge in [-0.15, -0.1) is 0 Å². The molecule has 6 aromatic rings. The van der Waals surface area contributed by atoms with Crippen LogP contribution in [-0.4, -0.2) is 54.9 Å². The Bertz CT molecular complexity index is 2520. The van der Waals surface area contributed by atoms with E-state index >= 15 is 0 Å². The number of amides is 3. The van der Waals surface area contributed by atoms with Crippen LogP contribution in [0.15, 0.2) is 76.4 Å². The van der Waals surface area contributed by atoms with Gasteiger partial charge in [0, 0.05) is 61.0 Å². The van der Waals surface area contributed by atoms with Crippen LogP contribution in [0.2, 0.25) is 0 Å². The van der Waals surface area contributed by atoms with E-state index < -0.39 is 5.92 Å². The van der Waals surface area contributed by atoms with E-state index in [0.717, 1.165) is 58.4 Å². The number of nitrogens with zero attached hydrogens (tertiary/aromatic N) is 6. The molecule has 0 radical (unpaired) electrons. The second kappa shape index (κ2) is 12.7. The molecule has 0 spiro atoms. The van der Waals surface area contributed by atoms with E-state index in [9.17, 15) is 19.2 Å². The molecule has 0 aliphatic carbocycles. The Kier molecular flexibility index (Phi) is 7.91. The van der Waals surface area contributed by atoms with Gasteiger partial charge in [-0.1, -0.05) is 11.8 Å². The van der Waals surface area contributed by atoms with E-state index in [1.54, 1.807) is 53.9 Å². The van der Waals surface area contributed by atoms with Gasteiger partial charge < -0.3 is 14.6 Å². The van der Waals surface area contributed by atoms with Gasteiger partial charge in [-0.3, -0.25) is 33.8 Å². The first-order chi connectivity index (χ1) is 24.7. The molecule has 2 N–H and O–H groups in total. The average Bonchev–Trinajstić information content (AvgIpc) is 3.66. The minimum Gasteiger partial charge on any atom is -0.464 e. The predicted molar refractivity (Wildman–Crippen MR) is 189 cm³/mol. The molecule has 2 aliphatic heterocycles. The van der Waals surface area contributed by atoms with Crippen LogP contribution in [0.1, 0.15) is 52.5 Å². The Balaban J connectivity index is 0.926. The Morgan fingerprint density at radius 2 is 1.86 bits per heavy atom. The maximum atomic E-state index is 12.8. The first-order valence-electron chi connectivity index (χ1n) is 16.6. The van der Waals surface area contributed by atoms with Crippen molar-refractivity contribution in [3.63, 3.8) is 0 Å². The highest BCUT2D eigenvalue weighted by molar-refractivity contribution is 6.02. The summed E-state index contributed by atoms with van der Waals surface area (Å²) in [6, 6.07) is 14.9. The molecule has 254 valence electrons. The predicted octanol–water partition coefficient (Wildman–Crippen LogP) is 3.86. The summed E-state index contributed by atoms with van der Waals surface area (Å²) < 4.78 is 8.94. The molecule has 1 atom stereocenters. The van der Waals surface area contributed by atoms with Crippen molar-refractivity contribution in [2.24, 2.45) is 14.1 Å². The van der Waals surface area contributed by atoms with Crippen LogP contribution < -0.4 is 21.2 Å². The van der Waals surface area contributed by atoms with Crippen molar-refractivity contribution in [3.8, 4) is 23.2 Å². The number of furan rings is 1. The summed E-state index contributed by atoms with van der Waals surface area (Å²) >= 11 is 0. The van der Waals surface area contributed by atoms with Crippen LogP contribution in [0.4, 0.5) is 11.4 Å². The second-order valence-electron chi connectivity index (χ2n) is 12.7. The number of pyridine rings is 1. The molecule has 3 amide bonds. The van der Waals surface area contributed by atoms with Crippen molar-refractivity contribution < 1.29 is 18.8 Å². The van der Waals surface area contributed by atoms with E-state index in [0.29, 0.717) is 29.0 Å². The standard InChI is InChI=1S/C38H32N8O5/c1-44-30-12-9-24(18-31(30)45(2)38(44)50)46-16-4-6-28-32(46)20-41-35(42-28)23-8-11-29(40-19-23)37(49)39-15-3-5-22-7-13-33-26(17-22)27(21-51-33)25-10-14-34(47)43-36(25)48/h7-9,11-13,17-21,25H,4,6,10,14-16H2,1-2H3,(H,39,49)(H,43,47,48). The van der Waals surface area contributed by atoms with E-state index in [1.807, 2.05) is 36.5 Å². The van der Waals surface area contributed by atoms with Gasteiger partial charge in [0.15, 0.2) is 5.82 Å². The molecular formula is C38H32N8O5. The molecule has 2 aliphatic rings. The number of piperidine rings is 1. The Morgan fingerprint density at radius 1 is 1.00 bits per heavy atom. The number of imide groups is 1. The van der Waals surface area contributed by atoms with Crippen molar-refractivity contribution in [3.05, 3.63) is 100 Å². The maximum absolute atomic E-state index is 12.8. The number of aryl methyl sites for hydroxylation is 3. The zero-order chi connectivity index (χ0) is 35.2. The van der Waals surface area contributed by atoms with Gasteiger partial charge in [0.2, 0.25) is 11.8 Å². The fourth-order valence-electron chi connectivity index (χ4n) is 6.82. The van der Waals surface area contributed by atoms with Crippen molar-refractivity contribution in [2.75, 3.05) is 18.0 Å². The number of benzene rings is 2. The lowest BCUT2D eigenvalue weighted by molar-refractivity contribution is -0.134. The molecule has 0 saturated carbocycles. The highest BCUT2D eigenvalue weighted by atomic mass is 16.3. The molecule has 1 fully saturated rings. The monoisotopic (exact) mass is 680 g/mol. The van der Waals surface area contributed by atoms with Crippen molar-refractivity contribution in [1.82, 2.24) is 34.7 Å². The first-order valence-corrected chi connectivity index (χ1v) is 16.6. The SMILES string of the molecule is Cn1c(=O)n(C)c2cc(N3CCCc4nc(-c5ccc(C(=O)NCC#Cc6ccc7occ(C8CCC(=O)NC8=O)c7c6)nc5)ncc43)ccc21. The molecule has 1 unspecified atom stereocenters. The zero-order valence-electron chi connectivity index (χ0n) is 27.9. The lowest BCUT2D eigenvalue weighted by atomic mass is 9.90. The average molecular weight is 681 g/mol. The van der Waals surface area contributed by atoms with Gasteiger partial charge in [-0.2, -0.15) is 0 Å². The number of fused-ring (bicyclic) bond motifs is 3. The minimum atomic E-state index is -0.463. The summed E-state index contributed by atoms with van der Waals surface area (Å²) in [4.78, 5) is 65.3. The summed E-state index contributed by atoms with van der Waals surface area (Å²) in [6.07, 6.45) is 7.40. The molecule has 51 heavy (non-hydrogen) atoms. The lowest BCUT2D eigenvalue weighted by Gasteiger charge is -2.30. The number of rotatable bonds is 5. The first kappa shape index (κ1) is 31.7. The van der Waals surface area contributed by atoms with Gasteiger partial charge in [-0.05, 0) is 67.8 Å². The number of nitrogens with one attached hydrogen (secondary N) is 2. The third-order valence-electron chi connectivity index (χ3n) is 9.54. The molecule has 2 aromatic carbocycles. The molecule has 13 nitrogen and oxygen atoms in total. The number of hydrogen-bond donors (Lipinski definition) is 2. The van der Waals surface area contributed by atoms with Gasteiger partial charge in [0.1, 0.15) is 11.3 Å². The van der Waals surface area contributed by atoms with E-state index in [-0.39, 0.29) is 42.1 Å². The number of hydrogen-bond acceptors (Lipinski definition) is 9. The minimum absolute atomic E-state index is 0.0654. The van der Waals surface area contributed by atoms with E-state index in [4.69, 9.17) is 9.40 Å². The summed E-state index contributed by atoms with van der Waals surface area (Å²) in [6.45, 7) is 0.909. The van der Waals surface area contributed by atoms with Crippen LogP contribution in [0.25, 0.3) is 33.4 Å². The van der Waals surface area contributed by atoms with Crippen molar-refractivity contribution in [2.45, 2.75) is 31.6 Å². The van der Waals surface area contributed by atoms with Crippen molar-refractivity contribution in [1.29, 1.82) is 0 Å². The molecule has 13 heteroatoms. The van der Waals surface area contributed by atoms with Gasteiger partial charge in [0.05, 0.1) is 47.3 Å². The van der Waals surface area contributed by atoms with Gasteiger partial charge in [0.25, 0.3) is 5.91 Å². The summed E-state index contributed by atoms with van der Waals surface area (Å²) in [5.41, 5.74) is 7.48. The quantitative estimate of drug-likeness (QED) is 0.204. The maximum Gasteiger partial charge on any atom is 0.328 e. The molecule has 4 aromatic heterocycles. The number of carbonyl (C=O) groups excluding carboxylic acids is 3. The second-order valence-corrected chi connectivity index (χ2v) is 12.7. The molecule has 8 rings (SSSR count). The number of carbonyl (C=O) groups is 3. The molecule has 6 heterocycles.